The second kappa shape index (κ2) is 5.21. The maximum absolute atomic E-state index is 14.0. The average molecular weight is 293 g/mol. The minimum Gasteiger partial charge on any atom is -0.365 e. The molecule has 0 aliphatic rings. The fourth-order valence-corrected chi connectivity index (χ4v) is 2.44. The first-order valence-electron chi connectivity index (χ1n) is 6.06. The van der Waals surface area contributed by atoms with Crippen molar-refractivity contribution in [2.75, 3.05) is 0 Å². The molecule has 0 atom stereocenters. The van der Waals surface area contributed by atoms with Gasteiger partial charge in [-0.15, -0.1) is 0 Å². The molecule has 2 aromatic rings. The molecule has 0 radical (unpaired) electrons. The zero-order valence-electron chi connectivity index (χ0n) is 11.4. The van der Waals surface area contributed by atoms with Crippen molar-refractivity contribution in [2.45, 2.75) is 20.8 Å². The van der Waals surface area contributed by atoms with Crippen LogP contribution in [0.25, 0.3) is 11.3 Å². The summed E-state index contributed by atoms with van der Waals surface area (Å²) in [5.41, 5.74) is 7.99. The van der Waals surface area contributed by atoms with Crippen LogP contribution in [0.3, 0.4) is 0 Å². The van der Waals surface area contributed by atoms with Crippen LogP contribution in [0.15, 0.2) is 18.2 Å². The Hall–Kier alpha value is -1.94. The molecule has 2 rings (SSSR count). The molecule has 1 amide bonds. The highest BCUT2D eigenvalue weighted by Gasteiger charge is 2.20. The van der Waals surface area contributed by atoms with Crippen LogP contribution in [-0.4, -0.2) is 10.9 Å². The molecule has 1 aromatic carbocycles. The molecule has 2 N–H and O–H groups in total. The van der Waals surface area contributed by atoms with Crippen molar-refractivity contribution in [3.05, 3.63) is 51.4 Å². The third-order valence-electron chi connectivity index (χ3n) is 3.24. The van der Waals surface area contributed by atoms with Crippen LogP contribution in [0, 0.1) is 26.6 Å². The molecule has 1 heterocycles. The summed E-state index contributed by atoms with van der Waals surface area (Å²) >= 11 is 5.93. The van der Waals surface area contributed by atoms with Crippen molar-refractivity contribution in [1.82, 2.24) is 4.98 Å². The zero-order valence-corrected chi connectivity index (χ0v) is 12.2. The van der Waals surface area contributed by atoms with Crippen LogP contribution in [-0.2, 0) is 0 Å². The van der Waals surface area contributed by atoms with Crippen LogP contribution >= 0.6 is 11.6 Å². The number of carbonyl (C=O) groups is 1. The zero-order chi connectivity index (χ0) is 15.0. The standard InChI is InChI=1S/C15H14ClFN2O/c1-7-6-10(16)4-5-11(7)14-8(2)12(15(18)20)13(17)9(3)19-14/h4-6H,1-3H3,(H2,18,20). The molecular weight excluding hydrogens is 279 g/mol. The number of carbonyl (C=O) groups excluding carboxylic acids is 1. The predicted molar refractivity (Wildman–Crippen MR) is 77.4 cm³/mol. The fraction of sp³-hybridized carbons (Fsp3) is 0.200. The van der Waals surface area contributed by atoms with Gasteiger partial charge in [0.15, 0.2) is 5.82 Å². The van der Waals surface area contributed by atoms with E-state index in [9.17, 15) is 9.18 Å². The van der Waals surface area contributed by atoms with E-state index in [4.69, 9.17) is 17.3 Å². The van der Waals surface area contributed by atoms with Gasteiger partial charge in [0.2, 0.25) is 0 Å². The fourth-order valence-electron chi connectivity index (χ4n) is 2.21. The second-order valence-corrected chi connectivity index (χ2v) is 5.12. The van der Waals surface area contributed by atoms with Crippen LogP contribution < -0.4 is 5.73 Å². The van der Waals surface area contributed by atoms with Gasteiger partial charge in [0.05, 0.1) is 17.0 Å². The molecule has 0 aliphatic carbocycles. The summed E-state index contributed by atoms with van der Waals surface area (Å²) in [5, 5.41) is 0.609. The van der Waals surface area contributed by atoms with Crippen molar-refractivity contribution in [2.24, 2.45) is 5.73 Å². The van der Waals surface area contributed by atoms with E-state index in [0.29, 0.717) is 16.3 Å². The lowest BCUT2D eigenvalue weighted by Crippen LogP contribution is -2.17. The van der Waals surface area contributed by atoms with Gasteiger partial charge in [-0.05, 0) is 44.0 Å². The highest BCUT2D eigenvalue weighted by Crippen LogP contribution is 2.30. The Kier molecular flexibility index (Phi) is 3.77. The first-order valence-corrected chi connectivity index (χ1v) is 6.43. The number of nitrogens with two attached hydrogens (primary N) is 1. The number of aryl methyl sites for hydroxylation is 2. The van der Waals surface area contributed by atoms with E-state index in [1.807, 2.05) is 6.92 Å². The lowest BCUT2D eigenvalue weighted by Gasteiger charge is -2.13. The SMILES string of the molecule is Cc1cc(Cl)ccc1-c1nc(C)c(F)c(C(N)=O)c1C. The third kappa shape index (κ3) is 2.39. The van der Waals surface area contributed by atoms with E-state index < -0.39 is 11.7 Å². The van der Waals surface area contributed by atoms with Crippen LogP contribution in [0.2, 0.25) is 5.02 Å². The van der Waals surface area contributed by atoms with Gasteiger partial charge in [-0.2, -0.15) is 0 Å². The summed E-state index contributed by atoms with van der Waals surface area (Å²) in [4.78, 5) is 15.7. The average Bonchev–Trinajstić information content (AvgIpc) is 2.34. The molecular formula is C15H14ClFN2O. The van der Waals surface area contributed by atoms with Crippen LogP contribution in [0.1, 0.15) is 27.2 Å². The van der Waals surface area contributed by atoms with Gasteiger partial charge in [-0.3, -0.25) is 4.79 Å². The molecule has 0 spiro atoms. The number of pyridine rings is 1. The van der Waals surface area contributed by atoms with Gasteiger partial charge in [0, 0.05) is 10.6 Å². The van der Waals surface area contributed by atoms with E-state index in [1.54, 1.807) is 25.1 Å². The molecule has 0 unspecified atom stereocenters. The summed E-state index contributed by atoms with van der Waals surface area (Å²) in [5.74, 6) is -1.45. The third-order valence-corrected chi connectivity index (χ3v) is 3.47. The van der Waals surface area contributed by atoms with E-state index in [1.165, 1.54) is 6.92 Å². The first-order chi connectivity index (χ1) is 9.32. The Morgan fingerprint density at radius 3 is 2.50 bits per heavy atom. The minimum absolute atomic E-state index is 0.109. The van der Waals surface area contributed by atoms with E-state index in [2.05, 4.69) is 4.98 Å². The molecule has 5 heteroatoms. The molecule has 0 fully saturated rings. The quantitative estimate of drug-likeness (QED) is 0.920. The van der Waals surface area contributed by atoms with E-state index in [0.717, 1.165) is 11.1 Å². The van der Waals surface area contributed by atoms with E-state index in [-0.39, 0.29) is 11.3 Å². The van der Waals surface area contributed by atoms with Gasteiger partial charge in [0.1, 0.15) is 0 Å². The molecule has 0 aliphatic heterocycles. The molecule has 20 heavy (non-hydrogen) atoms. The predicted octanol–water partition coefficient (Wildman–Crippen LogP) is 3.57. The van der Waals surface area contributed by atoms with Gasteiger partial charge < -0.3 is 5.73 Å². The van der Waals surface area contributed by atoms with Crippen molar-refractivity contribution in [3.63, 3.8) is 0 Å². The highest BCUT2D eigenvalue weighted by atomic mass is 35.5. The normalized spacial score (nSPS) is 10.7. The monoisotopic (exact) mass is 292 g/mol. The molecule has 1 aromatic heterocycles. The van der Waals surface area contributed by atoms with Gasteiger partial charge in [-0.1, -0.05) is 17.7 Å². The Morgan fingerprint density at radius 1 is 1.30 bits per heavy atom. The highest BCUT2D eigenvalue weighted by molar-refractivity contribution is 6.30. The summed E-state index contributed by atoms with van der Waals surface area (Å²) in [6, 6.07) is 5.32. The second-order valence-electron chi connectivity index (χ2n) is 4.68. The molecule has 104 valence electrons. The molecule has 0 saturated carbocycles. The largest absolute Gasteiger partial charge is 0.365 e. The Balaban J connectivity index is 2.78. The lowest BCUT2D eigenvalue weighted by molar-refractivity contribution is 0.0995. The van der Waals surface area contributed by atoms with Crippen molar-refractivity contribution < 1.29 is 9.18 Å². The van der Waals surface area contributed by atoms with E-state index >= 15 is 0 Å². The number of rotatable bonds is 2. The number of hydrogen-bond donors (Lipinski definition) is 1. The van der Waals surface area contributed by atoms with Crippen LogP contribution in [0.4, 0.5) is 4.39 Å². The summed E-state index contributed by atoms with van der Waals surface area (Å²) in [7, 11) is 0. The van der Waals surface area contributed by atoms with Crippen molar-refractivity contribution in [3.8, 4) is 11.3 Å². The Morgan fingerprint density at radius 2 is 1.95 bits per heavy atom. The number of nitrogens with zero attached hydrogens (tertiary/aromatic N) is 1. The van der Waals surface area contributed by atoms with Gasteiger partial charge >= 0.3 is 0 Å². The number of primary amides is 1. The first kappa shape index (κ1) is 14.5. The number of aromatic nitrogens is 1. The molecule has 3 nitrogen and oxygen atoms in total. The number of amides is 1. The number of hydrogen-bond acceptors (Lipinski definition) is 2. The van der Waals surface area contributed by atoms with Gasteiger partial charge in [0.25, 0.3) is 5.91 Å². The maximum atomic E-state index is 14.0. The molecule has 0 saturated heterocycles. The van der Waals surface area contributed by atoms with Gasteiger partial charge in [-0.25, -0.2) is 9.37 Å². The smallest absolute Gasteiger partial charge is 0.252 e. The Labute approximate surface area is 121 Å². The Bertz CT molecular complexity index is 714. The van der Waals surface area contributed by atoms with Crippen molar-refractivity contribution in [1.29, 1.82) is 0 Å². The summed E-state index contributed by atoms with van der Waals surface area (Å²) in [6.07, 6.45) is 0. The van der Waals surface area contributed by atoms with Crippen molar-refractivity contribution >= 4 is 17.5 Å². The summed E-state index contributed by atoms with van der Waals surface area (Å²) in [6.45, 7) is 5.03. The topological polar surface area (TPSA) is 56.0 Å². The number of benzene rings is 1. The lowest BCUT2D eigenvalue weighted by atomic mass is 9.97. The van der Waals surface area contributed by atoms with Crippen LogP contribution in [0.5, 0.6) is 0 Å². The maximum Gasteiger partial charge on any atom is 0.252 e. The summed E-state index contributed by atoms with van der Waals surface area (Å²) < 4.78 is 14.0. The molecule has 0 bridgehead atoms. The number of halogens is 2. The minimum atomic E-state index is -0.793.